The molecule has 5 nitrogen and oxygen atoms in total. The Morgan fingerprint density at radius 3 is 2.68 bits per heavy atom. The third-order valence-electron chi connectivity index (χ3n) is 4.68. The number of carbonyl (C=O) groups is 1. The largest absolute Gasteiger partial charge is 0.478 e. The molecule has 132 valence electrons. The number of amides is 1. The summed E-state index contributed by atoms with van der Waals surface area (Å²) in [5, 5.41) is 3.09. The Balaban J connectivity index is 1.78. The molecule has 1 aliphatic heterocycles. The Kier molecular flexibility index (Phi) is 5.66. The summed E-state index contributed by atoms with van der Waals surface area (Å²) >= 11 is 0. The van der Waals surface area contributed by atoms with Crippen molar-refractivity contribution in [1.82, 2.24) is 10.3 Å². The zero-order valence-corrected chi connectivity index (χ0v) is 14.5. The summed E-state index contributed by atoms with van der Waals surface area (Å²) in [6.45, 7) is 4.06. The first kappa shape index (κ1) is 17.4. The number of nitrogens with one attached hydrogen (secondary N) is 1. The maximum atomic E-state index is 13.1. The van der Waals surface area contributed by atoms with E-state index in [2.05, 4.69) is 10.3 Å². The lowest BCUT2D eigenvalue weighted by molar-refractivity contribution is -0.130. The summed E-state index contributed by atoms with van der Waals surface area (Å²) in [7, 11) is 0. The lowest BCUT2D eigenvalue weighted by Gasteiger charge is -2.36. The minimum Gasteiger partial charge on any atom is -0.478 e. The lowest BCUT2D eigenvalue weighted by atomic mass is 9.73. The van der Waals surface area contributed by atoms with Crippen LogP contribution in [-0.2, 0) is 21.5 Å². The summed E-state index contributed by atoms with van der Waals surface area (Å²) in [6.07, 6.45) is 3.07. The van der Waals surface area contributed by atoms with Crippen LogP contribution in [0.5, 0.6) is 5.88 Å². The predicted molar refractivity (Wildman–Crippen MR) is 95.4 cm³/mol. The highest BCUT2D eigenvalue weighted by molar-refractivity contribution is 5.88. The van der Waals surface area contributed by atoms with Crippen molar-refractivity contribution in [3.05, 3.63) is 59.8 Å². The predicted octanol–water partition coefficient (Wildman–Crippen LogP) is 2.84. The van der Waals surface area contributed by atoms with Gasteiger partial charge < -0.3 is 14.8 Å². The van der Waals surface area contributed by atoms with Crippen molar-refractivity contribution in [2.24, 2.45) is 0 Å². The van der Waals surface area contributed by atoms with Crippen LogP contribution in [0.1, 0.15) is 30.9 Å². The molecule has 25 heavy (non-hydrogen) atoms. The lowest BCUT2D eigenvalue weighted by Crippen LogP contribution is -2.47. The maximum Gasteiger partial charge on any atom is 0.231 e. The molecule has 1 N–H and O–H groups in total. The first-order chi connectivity index (χ1) is 12.3. The number of hydrogen-bond donors (Lipinski definition) is 1. The molecular weight excluding hydrogens is 316 g/mol. The van der Waals surface area contributed by atoms with E-state index < -0.39 is 5.41 Å². The van der Waals surface area contributed by atoms with Crippen LogP contribution in [0.2, 0.25) is 0 Å². The Morgan fingerprint density at radius 1 is 1.20 bits per heavy atom. The summed E-state index contributed by atoms with van der Waals surface area (Å²) in [5.41, 5.74) is 1.40. The normalized spacial score (nSPS) is 16.2. The molecular formula is C20H24N2O3. The molecule has 0 spiro atoms. The molecule has 0 atom stereocenters. The monoisotopic (exact) mass is 340 g/mol. The van der Waals surface area contributed by atoms with Gasteiger partial charge in [0.2, 0.25) is 11.8 Å². The number of aromatic nitrogens is 1. The van der Waals surface area contributed by atoms with Crippen molar-refractivity contribution in [3.8, 4) is 5.88 Å². The molecule has 2 heterocycles. The summed E-state index contributed by atoms with van der Waals surface area (Å²) in [4.78, 5) is 17.4. The number of pyridine rings is 1. The number of ether oxygens (including phenoxy) is 2. The van der Waals surface area contributed by atoms with E-state index in [9.17, 15) is 4.79 Å². The van der Waals surface area contributed by atoms with Gasteiger partial charge in [0.1, 0.15) is 0 Å². The minimum absolute atomic E-state index is 0.0355. The third-order valence-corrected chi connectivity index (χ3v) is 4.68. The zero-order chi connectivity index (χ0) is 17.5. The van der Waals surface area contributed by atoms with Gasteiger partial charge in [-0.15, -0.1) is 0 Å². The smallest absolute Gasteiger partial charge is 0.231 e. The quantitative estimate of drug-likeness (QED) is 0.878. The van der Waals surface area contributed by atoms with Gasteiger partial charge in [0, 0.05) is 31.5 Å². The summed E-state index contributed by atoms with van der Waals surface area (Å²) in [6, 6.07) is 13.8. The number of carbonyl (C=O) groups excluding carboxylic acids is 1. The van der Waals surface area contributed by atoms with E-state index in [1.54, 1.807) is 6.20 Å². The van der Waals surface area contributed by atoms with E-state index in [0.717, 1.165) is 11.1 Å². The fourth-order valence-electron chi connectivity index (χ4n) is 3.29. The molecule has 1 aromatic heterocycles. The summed E-state index contributed by atoms with van der Waals surface area (Å²) in [5.74, 6) is 0.611. The Bertz CT molecular complexity index is 697. The molecule has 5 heteroatoms. The molecule has 1 aromatic carbocycles. The van der Waals surface area contributed by atoms with Gasteiger partial charge in [-0.05, 0) is 31.4 Å². The van der Waals surface area contributed by atoms with E-state index in [-0.39, 0.29) is 5.91 Å². The van der Waals surface area contributed by atoms with Crippen LogP contribution in [0, 0.1) is 0 Å². The van der Waals surface area contributed by atoms with E-state index >= 15 is 0 Å². The molecule has 1 fully saturated rings. The SMILES string of the molecule is CCOc1ncccc1CNC(=O)C1(c2ccccc2)CCOCC1. The first-order valence-corrected chi connectivity index (χ1v) is 8.74. The van der Waals surface area contributed by atoms with Crippen molar-refractivity contribution in [2.45, 2.75) is 31.7 Å². The second-order valence-electron chi connectivity index (χ2n) is 6.14. The first-order valence-electron chi connectivity index (χ1n) is 8.74. The van der Waals surface area contributed by atoms with Crippen molar-refractivity contribution in [2.75, 3.05) is 19.8 Å². The highest BCUT2D eigenvalue weighted by Gasteiger charge is 2.41. The second-order valence-corrected chi connectivity index (χ2v) is 6.14. The third kappa shape index (κ3) is 3.82. The topological polar surface area (TPSA) is 60.5 Å². The highest BCUT2D eigenvalue weighted by atomic mass is 16.5. The molecule has 0 aliphatic carbocycles. The molecule has 2 aromatic rings. The van der Waals surface area contributed by atoms with Gasteiger partial charge in [0.05, 0.1) is 12.0 Å². The maximum absolute atomic E-state index is 13.1. The molecule has 1 aliphatic rings. The van der Waals surface area contributed by atoms with Crippen LogP contribution in [0.3, 0.4) is 0 Å². The average Bonchev–Trinajstić information content (AvgIpc) is 2.68. The Hall–Kier alpha value is -2.40. The van der Waals surface area contributed by atoms with Crippen molar-refractivity contribution >= 4 is 5.91 Å². The van der Waals surface area contributed by atoms with Gasteiger partial charge in [-0.1, -0.05) is 36.4 Å². The molecule has 0 saturated carbocycles. The molecule has 3 rings (SSSR count). The van der Waals surface area contributed by atoms with Crippen LogP contribution in [0.4, 0.5) is 0 Å². The van der Waals surface area contributed by atoms with Crippen LogP contribution in [0.15, 0.2) is 48.7 Å². The molecule has 0 bridgehead atoms. The molecule has 0 radical (unpaired) electrons. The molecule has 1 saturated heterocycles. The van der Waals surface area contributed by atoms with E-state index in [0.29, 0.717) is 45.1 Å². The zero-order valence-electron chi connectivity index (χ0n) is 14.5. The van der Waals surface area contributed by atoms with Crippen molar-refractivity contribution in [1.29, 1.82) is 0 Å². The van der Waals surface area contributed by atoms with E-state index in [1.807, 2.05) is 49.4 Å². The second kappa shape index (κ2) is 8.12. The minimum atomic E-state index is -0.534. The van der Waals surface area contributed by atoms with E-state index in [1.165, 1.54) is 0 Å². The van der Waals surface area contributed by atoms with Gasteiger partial charge in [0.25, 0.3) is 0 Å². The summed E-state index contributed by atoms with van der Waals surface area (Å²) < 4.78 is 11.0. The number of benzene rings is 1. The van der Waals surface area contributed by atoms with Gasteiger partial charge in [-0.3, -0.25) is 4.79 Å². The Labute approximate surface area is 148 Å². The molecule has 1 amide bonds. The van der Waals surface area contributed by atoms with Crippen LogP contribution in [-0.4, -0.2) is 30.7 Å². The number of rotatable bonds is 6. The van der Waals surface area contributed by atoms with Gasteiger partial charge in [0.15, 0.2) is 0 Å². The fourth-order valence-corrected chi connectivity index (χ4v) is 3.29. The standard InChI is InChI=1S/C20H24N2O3/c1-2-25-18-16(7-6-12-21-18)15-22-19(23)20(10-13-24-14-11-20)17-8-4-3-5-9-17/h3-9,12H,2,10-11,13-15H2,1H3,(H,22,23). The van der Waals surface area contributed by atoms with Gasteiger partial charge in [-0.25, -0.2) is 4.98 Å². The van der Waals surface area contributed by atoms with Crippen LogP contribution < -0.4 is 10.1 Å². The van der Waals surface area contributed by atoms with Crippen LogP contribution >= 0.6 is 0 Å². The van der Waals surface area contributed by atoms with Gasteiger partial charge in [-0.2, -0.15) is 0 Å². The van der Waals surface area contributed by atoms with Crippen molar-refractivity contribution in [3.63, 3.8) is 0 Å². The Morgan fingerprint density at radius 2 is 1.96 bits per heavy atom. The van der Waals surface area contributed by atoms with Crippen molar-refractivity contribution < 1.29 is 14.3 Å². The van der Waals surface area contributed by atoms with Crippen LogP contribution in [0.25, 0.3) is 0 Å². The number of nitrogens with zero attached hydrogens (tertiary/aromatic N) is 1. The van der Waals surface area contributed by atoms with E-state index in [4.69, 9.17) is 9.47 Å². The number of hydrogen-bond acceptors (Lipinski definition) is 4. The highest BCUT2D eigenvalue weighted by Crippen LogP contribution is 2.35. The van der Waals surface area contributed by atoms with Gasteiger partial charge >= 0.3 is 0 Å². The molecule has 0 unspecified atom stereocenters. The fraction of sp³-hybridized carbons (Fsp3) is 0.400. The average molecular weight is 340 g/mol.